The summed E-state index contributed by atoms with van der Waals surface area (Å²) < 4.78 is 19.4. The fraction of sp³-hybridized carbons (Fsp3) is 0.0909. The molecule has 0 radical (unpaired) electrons. The second kappa shape index (κ2) is 9.32. The number of halogens is 1. The number of amides is 2. The third-order valence-corrected chi connectivity index (χ3v) is 3.95. The summed E-state index contributed by atoms with van der Waals surface area (Å²) >= 11 is 0. The summed E-state index contributed by atoms with van der Waals surface area (Å²) in [6.45, 7) is -0.0215. The van der Waals surface area contributed by atoms with E-state index < -0.39 is 11.7 Å². The lowest BCUT2D eigenvalue weighted by Crippen LogP contribution is -2.36. The summed E-state index contributed by atoms with van der Waals surface area (Å²) in [6.07, 6.45) is 0. The number of hydrogen-bond acceptors (Lipinski definition) is 3. The molecule has 142 valence electrons. The molecule has 0 aliphatic heterocycles. The highest BCUT2D eigenvalue weighted by Gasteiger charge is 2.12. The molecular weight excluding hydrogens is 359 g/mol. The smallest absolute Gasteiger partial charge is 0.254 e. The van der Waals surface area contributed by atoms with Crippen LogP contribution in [0.3, 0.4) is 0 Å². The van der Waals surface area contributed by atoms with Crippen molar-refractivity contribution in [3.05, 3.63) is 95.8 Å². The van der Waals surface area contributed by atoms with Crippen molar-refractivity contribution in [2.45, 2.75) is 6.54 Å². The van der Waals surface area contributed by atoms with Crippen LogP contribution >= 0.6 is 0 Å². The molecule has 3 aromatic rings. The minimum Gasteiger partial charge on any atom is -0.457 e. The van der Waals surface area contributed by atoms with E-state index in [-0.39, 0.29) is 24.6 Å². The molecule has 3 aromatic carbocycles. The van der Waals surface area contributed by atoms with Crippen molar-refractivity contribution in [1.29, 1.82) is 0 Å². The van der Waals surface area contributed by atoms with Crippen molar-refractivity contribution in [1.82, 2.24) is 10.6 Å². The van der Waals surface area contributed by atoms with Crippen molar-refractivity contribution < 1.29 is 18.7 Å². The Bertz CT molecular complexity index is 961. The largest absolute Gasteiger partial charge is 0.457 e. The van der Waals surface area contributed by atoms with Crippen LogP contribution in [0.15, 0.2) is 78.9 Å². The van der Waals surface area contributed by atoms with E-state index in [0.29, 0.717) is 11.5 Å². The third kappa shape index (κ3) is 5.17. The predicted molar refractivity (Wildman–Crippen MR) is 104 cm³/mol. The molecule has 28 heavy (non-hydrogen) atoms. The quantitative estimate of drug-likeness (QED) is 0.659. The summed E-state index contributed by atoms with van der Waals surface area (Å²) in [5.74, 6) is -0.338. The number of carbonyl (C=O) groups excluding carboxylic acids is 2. The molecule has 0 saturated carbocycles. The predicted octanol–water partition coefficient (Wildman–Crippen LogP) is 3.66. The van der Waals surface area contributed by atoms with Gasteiger partial charge in [0.25, 0.3) is 5.91 Å². The van der Waals surface area contributed by atoms with E-state index in [1.807, 2.05) is 54.6 Å². The number of para-hydroxylation sites is 2. The average Bonchev–Trinajstić information content (AvgIpc) is 2.72. The van der Waals surface area contributed by atoms with Gasteiger partial charge >= 0.3 is 0 Å². The van der Waals surface area contributed by atoms with Gasteiger partial charge in [0.1, 0.15) is 17.3 Å². The molecular formula is C22H19FN2O3. The Kier molecular flexibility index (Phi) is 6.36. The lowest BCUT2D eigenvalue weighted by Gasteiger charge is -2.12. The molecule has 0 bridgehead atoms. The van der Waals surface area contributed by atoms with Crippen LogP contribution in [0, 0.1) is 5.82 Å². The maximum absolute atomic E-state index is 13.6. The molecule has 0 aliphatic rings. The average molecular weight is 378 g/mol. The zero-order chi connectivity index (χ0) is 19.8. The van der Waals surface area contributed by atoms with Crippen LogP contribution in [0.25, 0.3) is 0 Å². The summed E-state index contributed by atoms with van der Waals surface area (Å²) in [5.41, 5.74) is 0.692. The molecule has 2 N–H and O–H groups in total. The number of benzene rings is 3. The van der Waals surface area contributed by atoms with Crippen molar-refractivity contribution in [2.75, 3.05) is 6.54 Å². The van der Waals surface area contributed by atoms with E-state index in [1.54, 1.807) is 6.07 Å². The van der Waals surface area contributed by atoms with Gasteiger partial charge in [-0.15, -0.1) is 0 Å². The normalized spacial score (nSPS) is 10.2. The molecule has 0 spiro atoms. The molecule has 0 aliphatic carbocycles. The summed E-state index contributed by atoms with van der Waals surface area (Å²) in [5, 5.41) is 5.13. The van der Waals surface area contributed by atoms with Crippen LogP contribution < -0.4 is 15.4 Å². The number of hydrogen-bond donors (Lipinski definition) is 2. The van der Waals surface area contributed by atoms with Crippen LogP contribution in [0.1, 0.15) is 15.9 Å². The van der Waals surface area contributed by atoms with Gasteiger partial charge in [-0.2, -0.15) is 0 Å². The first-order chi connectivity index (χ1) is 13.6. The minimum absolute atomic E-state index is 0.100. The lowest BCUT2D eigenvalue weighted by atomic mass is 10.2. The van der Waals surface area contributed by atoms with Gasteiger partial charge in [-0.25, -0.2) is 4.39 Å². The van der Waals surface area contributed by atoms with E-state index >= 15 is 0 Å². The Morgan fingerprint density at radius 3 is 2.29 bits per heavy atom. The third-order valence-electron chi connectivity index (χ3n) is 3.95. The van der Waals surface area contributed by atoms with Crippen LogP contribution in [0.5, 0.6) is 11.5 Å². The molecule has 5 nitrogen and oxygen atoms in total. The summed E-state index contributed by atoms with van der Waals surface area (Å²) in [4.78, 5) is 24.0. The second-order valence-electron chi connectivity index (χ2n) is 5.96. The SMILES string of the molecule is O=C(CNC(=O)c1ccccc1F)NCc1ccccc1Oc1ccccc1. The zero-order valence-electron chi connectivity index (χ0n) is 15.0. The Balaban J connectivity index is 1.54. The van der Waals surface area contributed by atoms with Crippen molar-refractivity contribution in [3.63, 3.8) is 0 Å². The number of nitrogens with one attached hydrogen (secondary N) is 2. The van der Waals surface area contributed by atoms with Crippen molar-refractivity contribution in [2.24, 2.45) is 0 Å². The Hall–Kier alpha value is -3.67. The molecule has 0 unspecified atom stereocenters. The van der Waals surface area contributed by atoms with E-state index in [0.717, 1.165) is 5.56 Å². The van der Waals surface area contributed by atoms with E-state index in [2.05, 4.69) is 10.6 Å². The van der Waals surface area contributed by atoms with Gasteiger partial charge in [0, 0.05) is 12.1 Å². The van der Waals surface area contributed by atoms with Crippen LogP contribution in [-0.2, 0) is 11.3 Å². The van der Waals surface area contributed by atoms with Crippen LogP contribution in [0.4, 0.5) is 4.39 Å². The van der Waals surface area contributed by atoms with Gasteiger partial charge in [-0.1, -0.05) is 48.5 Å². The first-order valence-corrected chi connectivity index (χ1v) is 8.74. The molecule has 0 saturated heterocycles. The Labute approximate surface area is 162 Å². The summed E-state index contributed by atoms with van der Waals surface area (Å²) in [6, 6.07) is 22.3. The van der Waals surface area contributed by atoms with E-state index in [9.17, 15) is 14.0 Å². The highest BCUT2D eigenvalue weighted by molar-refractivity contribution is 5.96. The molecule has 0 heterocycles. The molecule has 6 heteroatoms. The topological polar surface area (TPSA) is 67.4 Å². The minimum atomic E-state index is -0.638. The van der Waals surface area contributed by atoms with Gasteiger partial charge in [0.2, 0.25) is 5.91 Å². The van der Waals surface area contributed by atoms with Gasteiger partial charge in [-0.05, 0) is 30.3 Å². The molecule has 0 aromatic heterocycles. The number of ether oxygens (including phenoxy) is 1. The van der Waals surface area contributed by atoms with Crippen molar-refractivity contribution in [3.8, 4) is 11.5 Å². The lowest BCUT2D eigenvalue weighted by molar-refractivity contribution is -0.120. The maximum Gasteiger partial charge on any atom is 0.254 e. The standard InChI is InChI=1S/C22H19FN2O3/c23-19-12-6-5-11-18(19)22(27)25-15-21(26)24-14-16-8-4-7-13-20(16)28-17-9-2-1-3-10-17/h1-13H,14-15H2,(H,24,26)(H,25,27). The monoisotopic (exact) mass is 378 g/mol. The Morgan fingerprint density at radius 1 is 0.821 bits per heavy atom. The van der Waals surface area contributed by atoms with Gasteiger partial charge in [-0.3, -0.25) is 9.59 Å². The number of rotatable bonds is 7. The van der Waals surface area contributed by atoms with Gasteiger partial charge < -0.3 is 15.4 Å². The highest BCUT2D eigenvalue weighted by Crippen LogP contribution is 2.24. The second-order valence-corrected chi connectivity index (χ2v) is 5.96. The van der Waals surface area contributed by atoms with Crippen LogP contribution in [-0.4, -0.2) is 18.4 Å². The summed E-state index contributed by atoms with van der Waals surface area (Å²) in [7, 11) is 0. The molecule has 3 rings (SSSR count). The fourth-order valence-corrected chi connectivity index (χ4v) is 2.52. The van der Waals surface area contributed by atoms with E-state index in [1.165, 1.54) is 18.2 Å². The Morgan fingerprint density at radius 2 is 1.50 bits per heavy atom. The first kappa shape index (κ1) is 19.1. The van der Waals surface area contributed by atoms with Crippen molar-refractivity contribution >= 4 is 11.8 Å². The molecule has 0 fully saturated rings. The molecule has 2 amide bonds. The maximum atomic E-state index is 13.6. The van der Waals surface area contributed by atoms with E-state index in [4.69, 9.17) is 4.74 Å². The number of carbonyl (C=O) groups is 2. The van der Waals surface area contributed by atoms with Crippen LogP contribution in [0.2, 0.25) is 0 Å². The first-order valence-electron chi connectivity index (χ1n) is 8.74. The fourth-order valence-electron chi connectivity index (χ4n) is 2.52. The zero-order valence-corrected chi connectivity index (χ0v) is 15.0. The van der Waals surface area contributed by atoms with Gasteiger partial charge in [0.05, 0.1) is 12.1 Å². The molecule has 0 atom stereocenters. The highest BCUT2D eigenvalue weighted by atomic mass is 19.1. The van der Waals surface area contributed by atoms with Gasteiger partial charge in [0.15, 0.2) is 0 Å².